The summed E-state index contributed by atoms with van der Waals surface area (Å²) in [5.41, 5.74) is 0.313. The minimum atomic E-state index is -0.451. The Labute approximate surface area is 95.0 Å². The van der Waals surface area contributed by atoms with Crippen molar-refractivity contribution in [2.24, 2.45) is 11.3 Å². The van der Waals surface area contributed by atoms with Crippen LogP contribution in [-0.2, 0) is 4.79 Å². The molecule has 0 saturated heterocycles. The van der Waals surface area contributed by atoms with Crippen LogP contribution in [0.25, 0.3) is 0 Å². The molecule has 3 heteroatoms. The van der Waals surface area contributed by atoms with Crippen molar-refractivity contribution in [3.05, 3.63) is 0 Å². The second-order valence-corrected chi connectivity index (χ2v) is 7.35. The summed E-state index contributed by atoms with van der Waals surface area (Å²) in [4.78, 5) is 11.7. The van der Waals surface area contributed by atoms with Gasteiger partial charge in [0.25, 0.3) is 0 Å². The summed E-state index contributed by atoms with van der Waals surface area (Å²) in [5.74, 6) is 0.720. The van der Waals surface area contributed by atoms with Crippen molar-refractivity contribution < 1.29 is 4.79 Å². The molecule has 2 unspecified atom stereocenters. The van der Waals surface area contributed by atoms with Crippen LogP contribution < -0.4 is 5.32 Å². The van der Waals surface area contributed by atoms with Crippen molar-refractivity contribution in [2.75, 3.05) is 0 Å². The van der Waals surface area contributed by atoms with Gasteiger partial charge in [0.05, 0.1) is 4.32 Å². The quantitative estimate of drug-likeness (QED) is 0.778. The van der Waals surface area contributed by atoms with Crippen LogP contribution >= 0.6 is 15.9 Å². The lowest BCUT2D eigenvalue weighted by molar-refractivity contribution is -0.122. The van der Waals surface area contributed by atoms with Gasteiger partial charge in [0.1, 0.15) is 0 Å². The molecule has 0 spiro atoms. The van der Waals surface area contributed by atoms with E-state index >= 15 is 0 Å². The second-order valence-electron chi connectivity index (χ2n) is 5.36. The van der Waals surface area contributed by atoms with Gasteiger partial charge in [-0.1, -0.05) is 36.7 Å². The van der Waals surface area contributed by atoms with Gasteiger partial charge >= 0.3 is 0 Å². The molecular weight excluding hydrogens is 242 g/mol. The van der Waals surface area contributed by atoms with Gasteiger partial charge in [-0.3, -0.25) is 4.79 Å². The zero-order valence-corrected chi connectivity index (χ0v) is 11.2. The Hall–Kier alpha value is -0.0500. The second kappa shape index (κ2) is 3.51. The van der Waals surface area contributed by atoms with Gasteiger partial charge in [-0.15, -0.1) is 0 Å². The molecule has 2 atom stereocenters. The number of hydrogen-bond donors (Lipinski definition) is 1. The zero-order chi connectivity index (χ0) is 11.1. The fourth-order valence-electron chi connectivity index (χ4n) is 1.56. The fraction of sp³-hybridized carbons (Fsp3) is 0.909. The Bertz CT molecular complexity index is 244. The third-order valence-corrected chi connectivity index (χ3v) is 3.80. The van der Waals surface area contributed by atoms with Gasteiger partial charge in [-0.25, -0.2) is 0 Å². The van der Waals surface area contributed by atoms with Gasteiger partial charge in [0.15, 0.2) is 0 Å². The third kappa shape index (κ3) is 2.30. The Kier molecular flexibility index (Phi) is 3.01. The molecule has 14 heavy (non-hydrogen) atoms. The molecule has 1 N–H and O–H groups in total. The first-order chi connectivity index (χ1) is 6.18. The monoisotopic (exact) mass is 261 g/mol. The Balaban J connectivity index is 2.48. The maximum Gasteiger partial charge on any atom is 0.236 e. The lowest BCUT2D eigenvalue weighted by Crippen LogP contribution is -2.40. The van der Waals surface area contributed by atoms with Crippen LogP contribution in [-0.4, -0.2) is 16.3 Å². The zero-order valence-electron chi connectivity index (χ0n) is 9.65. The number of carbonyl (C=O) groups excluding carboxylic acids is 1. The van der Waals surface area contributed by atoms with E-state index in [1.165, 1.54) is 0 Å². The molecule has 0 aromatic rings. The SMILES string of the molecule is CC(C)C1(C)CC1NC(=O)C(C)(C)Br. The van der Waals surface area contributed by atoms with E-state index in [0.717, 1.165) is 6.42 Å². The van der Waals surface area contributed by atoms with E-state index in [0.29, 0.717) is 17.4 Å². The van der Waals surface area contributed by atoms with Crippen LogP contribution in [0.2, 0.25) is 0 Å². The molecule has 82 valence electrons. The van der Waals surface area contributed by atoms with Gasteiger partial charge in [-0.05, 0) is 31.6 Å². The highest BCUT2D eigenvalue weighted by Gasteiger charge is 2.53. The standard InChI is InChI=1S/C11H20BrNO/c1-7(2)11(5)6-8(11)13-9(14)10(3,4)12/h7-8H,6H2,1-5H3,(H,13,14). The van der Waals surface area contributed by atoms with Crippen LogP contribution in [0.4, 0.5) is 0 Å². The molecule has 0 aromatic heterocycles. The van der Waals surface area contributed by atoms with Crippen molar-refractivity contribution in [3.63, 3.8) is 0 Å². The molecule has 0 radical (unpaired) electrons. The van der Waals surface area contributed by atoms with Crippen LogP contribution in [0.1, 0.15) is 41.0 Å². The molecule has 0 aliphatic heterocycles. The number of rotatable bonds is 3. The first kappa shape index (κ1) is 12.0. The molecule has 0 aromatic carbocycles. The Morgan fingerprint density at radius 2 is 2.07 bits per heavy atom. The molecule has 1 fully saturated rings. The molecule has 1 aliphatic rings. The van der Waals surface area contributed by atoms with E-state index in [1.807, 2.05) is 13.8 Å². The number of halogens is 1. The molecule has 1 amide bonds. The predicted molar refractivity (Wildman–Crippen MR) is 62.5 cm³/mol. The van der Waals surface area contributed by atoms with Crippen molar-refractivity contribution in [1.82, 2.24) is 5.32 Å². The Morgan fingerprint density at radius 3 is 2.36 bits per heavy atom. The third-order valence-electron chi connectivity index (χ3n) is 3.44. The number of carbonyl (C=O) groups is 1. The largest absolute Gasteiger partial charge is 0.352 e. The average molecular weight is 262 g/mol. The average Bonchev–Trinajstić information content (AvgIpc) is 2.61. The lowest BCUT2D eigenvalue weighted by atomic mass is 9.94. The summed E-state index contributed by atoms with van der Waals surface area (Å²) in [6.07, 6.45) is 1.11. The highest BCUT2D eigenvalue weighted by atomic mass is 79.9. The van der Waals surface area contributed by atoms with E-state index in [1.54, 1.807) is 0 Å². The van der Waals surface area contributed by atoms with Crippen LogP contribution in [0.15, 0.2) is 0 Å². The number of alkyl halides is 1. The summed E-state index contributed by atoms with van der Waals surface area (Å²) >= 11 is 3.36. The predicted octanol–water partition coefficient (Wildman–Crippen LogP) is 2.71. The fourth-order valence-corrected chi connectivity index (χ4v) is 1.68. The maximum atomic E-state index is 11.7. The maximum absolute atomic E-state index is 11.7. The van der Waals surface area contributed by atoms with Crippen LogP contribution in [0, 0.1) is 11.3 Å². The molecule has 1 saturated carbocycles. The van der Waals surface area contributed by atoms with Crippen molar-refractivity contribution >= 4 is 21.8 Å². The van der Waals surface area contributed by atoms with E-state index in [9.17, 15) is 4.79 Å². The normalized spacial score (nSPS) is 31.8. The Morgan fingerprint density at radius 1 is 1.57 bits per heavy atom. The molecule has 0 heterocycles. The molecule has 1 aliphatic carbocycles. The molecule has 1 rings (SSSR count). The van der Waals surface area contributed by atoms with Crippen LogP contribution in [0.3, 0.4) is 0 Å². The van der Waals surface area contributed by atoms with E-state index < -0.39 is 4.32 Å². The van der Waals surface area contributed by atoms with Gasteiger partial charge < -0.3 is 5.32 Å². The lowest BCUT2D eigenvalue weighted by Gasteiger charge is -2.20. The van der Waals surface area contributed by atoms with E-state index in [-0.39, 0.29) is 5.91 Å². The van der Waals surface area contributed by atoms with E-state index in [2.05, 4.69) is 42.0 Å². The van der Waals surface area contributed by atoms with Crippen molar-refractivity contribution in [1.29, 1.82) is 0 Å². The minimum Gasteiger partial charge on any atom is -0.352 e. The van der Waals surface area contributed by atoms with E-state index in [4.69, 9.17) is 0 Å². The number of amides is 1. The highest BCUT2D eigenvalue weighted by molar-refractivity contribution is 9.10. The summed E-state index contributed by atoms with van der Waals surface area (Å²) in [6, 6.07) is 0.367. The summed E-state index contributed by atoms with van der Waals surface area (Å²) in [7, 11) is 0. The van der Waals surface area contributed by atoms with Crippen molar-refractivity contribution in [2.45, 2.75) is 51.4 Å². The summed E-state index contributed by atoms with van der Waals surface area (Å²) < 4.78 is -0.451. The smallest absolute Gasteiger partial charge is 0.236 e. The van der Waals surface area contributed by atoms with Crippen molar-refractivity contribution in [3.8, 4) is 0 Å². The molecule has 0 bridgehead atoms. The van der Waals surface area contributed by atoms with Crippen LogP contribution in [0.5, 0.6) is 0 Å². The summed E-state index contributed by atoms with van der Waals surface area (Å²) in [6.45, 7) is 10.4. The van der Waals surface area contributed by atoms with Gasteiger partial charge in [0.2, 0.25) is 5.91 Å². The minimum absolute atomic E-state index is 0.0897. The molecule has 2 nitrogen and oxygen atoms in total. The first-order valence-electron chi connectivity index (χ1n) is 5.18. The first-order valence-corrected chi connectivity index (χ1v) is 5.97. The summed E-state index contributed by atoms with van der Waals surface area (Å²) in [5, 5.41) is 3.08. The van der Waals surface area contributed by atoms with Gasteiger partial charge in [0, 0.05) is 6.04 Å². The number of nitrogens with one attached hydrogen (secondary N) is 1. The topological polar surface area (TPSA) is 29.1 Å². The molecular formula is C11H20BrNO. The van der Waals surface area contributed by atoms with Gasteiger partial charge in [-0.2, -0.15) is 0 Å². The highest BCUT2D eigenvalue weighted by Crippen LogP contribution is 2.51. The number of hydrogen-bond acceptors (Lipinski definition) is 1.